The van der Waals surface area contributed by atoms with E-state index >= 15 is 0 Å². The number of nitrogens with zero attached hydrogens (tertiary/aromatic N) is 1. The van der Waals surface area contributed by atoms with E-state index in [0.29, 0.717) is 18.5 Å². The third-order valence-electron chi connectivity index (χ3n) is 3.75. The quantitative estimate of drug-likeness (QED) is 0.749. The van der Waals surface area contributed by atoms with Crippen LogP contribution in [0.1, 0.15) is 32.1 Å². The van der Waals surface area contributed by atoms with Gasteiger partial charge in [-0.3, -0.25) is 0 Å². The largest absolute Gasteiger partial charge is 0.327 e. The minimum atomic E-state index is -0.577. The molecule has 1 saturated carbocycles. The standard InChI is InChI=1S/C11H21FN2/c12-10-5-7-14(8-10)6-4-9-2-1-3-11(9)13/h9-11H,1-8,13H2/t9-,10?,11+/m0/s1. The lowest BCUT2D eigenvalue weighted by molar-refractivity contribution is 0.265. The molecule has 0 bridgehead atoms. The monoisotopic (exact) mass is 200 g/mol. The molecule has 3 atom stereocenters. The Labute approximate surface area is 85.6 Å². The van der Waals surface area contributed by atoms with E-state index in [9.17, 15) is 4.39 Å². The minimum absolute atomic E-state index is 0.416. The van der Waals surface area contributed by atoms with Crippen LogP contribution in [0.15, 0.2) is 0 Å². The van der Waals surface area contributed by atoms with Gasteiger partial charge in [0.1, 0.15) is 6.17 Å². The third kappa shape index (κ3) is 2.45. The van der Waals surface area contributed by atoms with E-state index in [1.807, 2.05) is 0 Å². The van der Waals surface area contributed by atoms with E-state index in [4.69, 9.17) is 5.73 Å². The Hall–Kier alpha value is -0.150. The van der Waals surface area contributed by atoms with E-state index in [1.165, 1.54) is 25.7 Å². The van der Waals surface area contributed by atoms with E-state index < -0.39 is 6.17 Å². The Balaban J connectivity index is 1.67. The molecule has 82 valence electrons. The van der Waals surface area contributed by atoms with Crippen LogP contribution in [-0.2, 0) is 0 Å². The second kappa shape index (κ2) is 4.58. The minimum Gasteiger partial charge on any atom is -0.327 e. The maximum atomic E-state index is 12.9. The van der Waals surface area contributed by atoms with Crippen molar-refractivity contribution in [3.05, 3.63) is 0 Å². The van der Waals surface area contributed by atoms with E-state index in [1.54, 1.807) is 0 Å². The Bertz CT molecular complexity index is 186. The van der Waals surface area contributed by atoms with Gasteiger partial charge in [0.2, 0.25) is 0 Å². The van der Waals surface area contributed by atoms with Crippen molar-refractivity contribution >= 4 is 0 Å². The average Bonchev–Trinajstić information content (AvgIpc) is 2.72. The normalized spacial score (nSPS) is 39.4. The smallest absolute Gasteiger partial charge is 0.114 e. The van der Waals surface area contributed by atoms with Gasteiger partial charge in [-0.2, -0.15) is 0 Å². The fraction of sp³-hybridized carbons (Fsp3) is 1.00. The van der Waals surface area contributed by atoms with Crippen molar-refractivity contribution in [1.29, 1.82) is 0 Å². The predicted molar refractivity (Wildman–Crippen MR) is 55.9 cm³/mol. The van der Waals surface area contributed by atoms with Gasteiger partial charge >= 0.3 is 0 Å². The molecule has 2 N–H and O–H groups in total. The molecule has 1 heterocycles. The summed E-state index contributed by atoms with van der Waals surface area (Å²) in [5, 5.41) is 0. The van der Waals surface area contributed by atoms with Crippen LogP contribution in [-0.4, -0.2) is 36.7 Å². The Kier molecular flexibility index (Phi) is 3.39. The first-order chi connectivity index (χ1) is 6.75. The fourth-order valence-corrected chi connectivity index (χ4v) is 2.76. The Morgan fingerprint density at radius 3 is 2.71 bits per heavy atom. The molecule has 0 aromatic carbocycles. The van der Waals surface area contributed by atoms with Crippen LogP contribution >= 0.6 is 0 Å². The second-order valence-corrected chi connectivity index (χ2v) is 4.83. The lowest BCUT2D eigenvalue weighted by Gasteiger charge is -2.20. The van der Waals surface area contributed by atoms with Crippen molar-refractivity contribution in [2.45, 2.75) is 44.3 Å². The SMILES string of the molecule is N[C@@H]1CCC[C@H]1CCN1CCC(F)C1. The van der Waals surface area contributed by atoms with Gasteiger partial charge in [0.25, 0.3) is 0 Å². The van der Waals surface area contributed by atoms with Crippen molar-refractivity contribution in [3.63, 3.8) is 0 Å². The zero-order chi connectivity index (χ0) is 9.97. The molecule has 2 rings (SSSR count). The highest BCUT2D eigenvalue weighted by molar-refractivity contribution is 4.82. The summed E-state index contributed by atoms with van der Waals surface area (Å²) >= 11 is 0. The van der Waals surface area contributed by atoms with Crippen LogP contribution in [0.5, 0.6) is 0 Å². The summed E-state index contributed by atoms with van der Waals surface area (Å²) in [5.41, 5.74) is 6.00. The molecule has 0 aromatic rings. The molecule has 1 aliphatic heterocycles. The van der Waals surface area contributed by atoms with Crippen LogP contribution in [0.3, 0.4) is 0 Å². The van der Waals surface area contributed by atoms with Crippen LogP contribution < -0.4 is 5.73 Å². The van der Waals surface area contributed by atoms with Crippen LogP contribution in [0.25, 0.3) is 0 Å². The topological polar surface area (TPSA) is 29.3 Å². The molecule has 2 nitrogen and oxygen atoms in total. The van der Waals surface area contributed by atoms with Gasteiger partial charge in [-0.15, -0.1) is 0 Å². The maximum Gasteiger partial charge on any atom is 0.114 e. The molecule has 2 aliphatic rings. The molecule has 0 radical (unpaired) electrons. The highest BCUT2D eigenvalue weighted by atomic mass is 19.1. The summed E-state index contributed by atoms with van der Waals surface area (Å²) in [6.07, 6.45) is 5.10. The van der Waals surface area contributed by atoms with Gasteiger partial charge in [-0.25, -0.2) is 4.39 Å². The average molecular weight is 200 g/mol. The van der Waals surface area contributed by atoms with Gasteiger partial charge in [-0.1, -0.05) is 6.42 Å². The van der Waals surface area contributed by atoms with Crippen molar-refractivity contribution in [3.8, 4) is 0 Å². The molecule has 2 fully saturated rings. The molecular formula is C11H21FN2. The lowest BCUT2D eigenvalue weighted by Crippen LogP contribution is -2.29. The highest BCUT2D eigenvalue weighted by Gasteiger charge is 2.26. The summed E-state index contributed by atoms with van der Waals surface area (Å²) in [5.74, 6) is 0.702. The van der Waals surface area contributed by atoms with Gasteiger partial charge in [-0.05, 0) is 38.1 Å². The van der Waals surface area contributed by atoms with Crippen LogP contribution in [0.2, 0.25) is 0 Å². The fourth-order valence-electron chi connectivity index (χ4n) is 2.76. The van der Waals surface area contributed by atoms with Gasteiger partial charge in [0, 0.05) is 19.1 Å². The molecule has 0 aromatic heterocycles. The predicted octanol–water partition coefficient (Wildman–Crippen LogP) is 1.55. The van der Waals surface area contributed by atoms with Gasteiger partial charge in [0.05, 0.1) is 0 Å². The van der Waals surface area contributed by atoms with Gasteiger partial charge < -0.3 is 10.6 Å². The first-order valence-electron chi connectivity index (χ1n) is 5.87. The molecular weight excluding hydrogens is 179 g/mol. The Morgan fingerprint density at radius 2 is 2.14 bits per heavy atom. The molecule has 3 heteroatoms. The number of alkyl halides is 1. The summed E-state index contributed by atoms with van der Waals surface area (Å²) in [6, 6.07) is 0.416. The lowest BCUT2D eigenvalue weighted by atomic mass is 10.0. The first-order valence-corrected chi connectivity index (χ1v) is 5.87. The van der Waals surface area contributed by atoms with Crippen molar-refractivity contribution in [2.75, 3.05) is 19.6 Å². The zero-order valence-electron chi connectivity index (χ0n) is 8.79. The molecule has 14 heavy (non-hydrogen) atoms. The highest BCUT2D eigenvalue weighted by Crippen LogP contribution is 2.27. The second-order valence-electron chi connectivity index (χ2n) is 4.83. The molecule has 1 saturated heterocycles. The number of likely N-dealkylation sites (tertiary alicyclic amines) is 1. The molecule has 1 unspecified atom stereocenters. The molecule has 1 aliphatic carbocycles. The summed E-state index contributed by atoms with van der Waals surface area (Å²) in [6.45, 7) is 2.66. The third-order valence-corrected chi connectivity index (χ3v) is 3.75. The number of hydrogen-bond acceptors (Lipinski definition) is 2. The maximum absolute atomic E-state index is 12.9. The zero-order valence-corrected chi connectivity index (χ0v) is 8.79. The van der Waals surface area contributed by atoms with E-state index in [2.05, 4.69) is 4.90 Å². The van der Waals surface area contributed by atoms with E-state index in [-0.39, 0.29) is 0 Å². The summed E-state index contributed by atoms with van der Waals surface area (Å²) in [4.78, 5) is 2.25. The number of nitrogens with two attached hydrogens (primary N) is 1. The van der Waals surface area contributed by atoms with Crippen molar-refractivity contribution < 1.29 is 4.39 Å². The number of hydrogen-bond donors (Lipinski definition) is 1. The summed E-state index contributed by atoms with van der Waals surface area (Å²) in [7, 11) is 0. The van der Waals surface area contributed by atoms with Crippen LogP contribution in [0, 0.1) is 5.92 Å². The Morgan fingerprint density at radius 1 is 1.29 bits per heavy atom. The first kappa shape index (κ1) is 10.4. The molecule has 0 amide bonds. The number of halogens is 1. The molecule has 0 spiro atoms. The number of rotatable bonds is 3. The van der Waals surface area contributed by atoms with Gasteiger partial charge in [0.15, 0.2) is 0 Å². The van der Waals surface area contributed by atoms with Crippen molar-refractivity contribution in [2.24, 2.45) is 11.7 Å². The summed E-state index contributed by atoms with van der Waals surface area (Å²) < 4.78 is 12.9. The van der Waals surface area contributed by atoms with Crippen LogP contribution in [0.4, 0.5) is 4.39 Å². The van der Waals surface area contributed by atoms with E-state index in [0.717, 1.165) is 19.5 Å². The van der Waals surface area contributed by atoms with Crippen molar-refractivity contribution in [1.82, 2.24) is 4.90 Å².